The van der Waals surface area contributed by atoms with Gasteiger partial charge in [0.25, 0.3) is 5.91 Å². The fourth-order valence-corrected chi connectivity index (χ4v) is 5.34. The van der Waals surface area contributed by atoms with E-state index in [-0.39, 0.29) is 23.9 Å². The summed E-state index contributed by atoms with van der Waals surface area (Å²) >= 11 is 6.64. The van der Waals surface area contributed by atoms with Gasteiger partial charge in [-0.05, 0) is 68.0 Å². The molecule has 34 heavy (non-hydrogen) atoms. The van der Waals surface area contributed by atoms with Crippen LogP contribution in [0.2, 0.25) is 0 Å². The number of thiocarbonyl (C=S) groups is 1. The van der Waals surface area contributed by atoms with E-state index in [2.05, 4.69) is 5.32 Å². The van der Waals surface area contributed by atoms with Gasteiger partial charge in [-0.1, -0.05) is 54.7 Å². The predicted molar refractivity (Wildman–Crippen MR) is 138 cm³/mol. The van der Waals surface area contributed by atoms with Gasteiger partial charge in [0.2, 0.25) is 5.91 Å². The second-order valence-electron chi connectivity index (χ2n) is 8.41. The molecule has 178 valence electrons. The fourth-order valence-electron chi connectivity index (χ4n) is 4.04. The van der Waals surface area contributed by atoms with Crippen LogP contribution in [0.4, 0.5) is 10.1 Å². The van der Waals surface area contributed by atoms with Crippen molar-refractivity contribution >= 4 is 51.9 Å². The zero-order valence-corrected chi connectivity index (χ0v) is 20.4. The summed E-state index contributed by atoms with van der Waals surface area (Å²) < 4.78 is 20.2. The largest absolute Gasteiger partial charge is 0.490 e. The number of nitrogens with zero attached hydrogens (tertiary/aromatic N) is 1. The highest BCUT2D eigenvalue weighted by atomic mass is 32.2. The topological polar surface area (TPSA) is 58.6 Å². The fraction of sp³-hybridized carbons (Fsp3) is 0.346. The molecule has 2 aromatic rings. The van der Waals surface area contributed by atoms with Gasteiger partial charge in [0.15, 0.2) is 0 Å². The maximum atomic E-state index is 13.7. The molecular formula is C26H27FN2O3S2. The van der Waals surface area contributed by atoms with Crippen molar-refractivity contribution in [2.75, 3.05) is 11.9 Å². The Morgan fingerprint density at radius 1 is 1.15 bits per heavy atom. The number of benzene rings is 2. The molecule has 0 bridgehead atoms. The zero-order valence-electron chi connectivity index (χ0n) is 18.8. The number of rotatable bonds is 8. The van der Waals surface area contributed by atoms with Gasteiger partial charge in [0, 0.05) is 13.0 Å². The van der Waals surface area contributed by atoms with Crippen molar-refractivity contribution in [3.8, 4) is 5.75 Å². The molecule has 0 unspecified atom stereocenters. The van der Waals surface area contributed by atoms with E-state index in [4.69, 9.17) is 17.0 Å². The quantitative estimate of drug-likeness (QED) is 0.349. The van der Waals surface area contributed by atoms with E-state index in [1.807, 2.05) is 30.3 Å². The molecule has 0 radical (unpaired) electrons. The van der Waals surface area contributed by atoms with Crippen molar-refractivity contribution in [3.63, 3.8) is 0 Å². The van der Waals surface area contributed by atoms with Gasteiger partial charge >= 0.3 is 0 Å². The Balaban J connectivity index is 1.28. The smallest absolute Gasteiger partial charge is 0.266 e. The lowest BCUT2D eigenvalue weighted by molar-refractivity contribution is -0.122. The van der Waals surface area contributed by atoms with E-state index >= 15 is 0 Å². The molecule has 2 fully saturated rings. The third-order valence-electron chi connectivity index (χ3n) is 5.84. The molecule has 1 aliphatic carbocycles. The highest BCUT2D eigenvalue weighted by Gasteiger charge is 2.31. The summed E-state index contributed by atoms with van der Waals surface area (Å²) in [5.74, 6) is -0.0922. The first kappa shape index (κ1) is 24.4. The first-order valence-electron chi connectivity index (χ1n) is 11.6. The van der Waals surface area contributed by atoms with Gasteiger partial charge in [-0.15, -0.1) is 0 Å². The van der Waals surface area contributed by atoms with E-state index in [0.29, 0.717) is 28.3 Å². The number of carbonyl (C=O) groups excluding carboxylic acids is 2. The van der Waals surface area contributed by atoms with Gasteiger partial charge < -0.3 is 10.1 Å². The number of ether oxygens (including phenoxy) is 1. The second kappa shape index (κ2) is 11.6. The zero-order chi connectivity index (χ0) is 23.9. The lowest BCUT2D eigenvalue weighted by Crippen LogP contribution is -2.29. The Kier molecular flexibility index (Phi) is 8.34. The molecule has 8 heteroatoms. The highest BCUT2D eigenvalue weighted by Crippen LogP contribution is 2.33. The van der Waals surface area contributed by atoms with Gasteiger partial charge in [0.1, 0.15) is 15.9 Å². The summed E-state index contributed by atoms with van der Waals surface area (Å²) in [5, 5.41) is 2.55. The Labute approximate surface area is 208 Å². The van der Waals surface area contributed by atoms with Crippen LogP contribution in [0, 0.1) is 5.82 Å². The Hall–Kier alpha value is -2.71. The molecule has 0 spiro atoms. The van der Waals surface area contributed by atoms with Crippen LogP contribution >= 0.6 is 24.0 Å². The van der Waals surface area contributed by atoms with E-state index in [9.17, 15) is 14.0 Å². The number of para-hydroxylation sites is 1. The normalized spacial score (nSPS) is 17.9. The van der Waals surface area contributed by atoms with E-state index in [0.717, 1.165) is 24.2 Å². The Morgan fingerprint density at radius 2 is 1.88 bits per heavy atom. The lowest BCUT2D eigenvalue weighted by Gasteiger charge is -2.22. The van der Waals surface area contributed by atoms with Gasteiger partial charge in [-0.3, -0.25) is 14.5 Å². The van der Waals surface area contributed by atoms with Crippen molar-refractivity contribution in [2.45, 2.75) is 51.0 Å². The minimum atomic E-state index is -0.480. The number of carbonyl (C=O) groups is 2. The van der Waals surface area contributed by atoms with E-state index in [1.165, 1.54) is 48.1 Å². The van der Waals surface area contributed by atoms with Gasteiger partial charge in [-0.2, -0.15) is 0 Å². The molecule has 1 aliphatic heterocycles. The predicted octanol–water partition coefficient (Wildman–Crippen LogP) is 6.16. The van der Waals surface area contributed by atoms with Gasteiger partial charge in [-0.25, -0.2) is 4.39 Å². The van der Waals surface area contributed by atoms with Crippen LogP contribution in [0.25, 0.3) is 6.08 Å². The van der Waals surface area contributed by atoms with Crippen LogP contribution in [0.1, 0.15) is 50.5 Å². The maximum Gasteiger partial charge on any atom is 0.266 e. The van der Waals surface area contributed by atoms with Crippen molar-refractivity contribution in [2.24, 2.45) is 0 Å². The standard InChI is InChI=1S/C26H27FN2O3S2/c27-21-9-4-5-10-22(21)28-24(30)11-6-16-29-25(31)23(34-26(29)33)17-18-12-14-20(15-13-18)32-19-7-2-1-3-8-19/h4-5,9-10,12-15,17,19H,1-3,6-8,11,16H2,(H,28,30)/b23-17-. The Morgan fingerprint density at radius 3 is 2.62 bits per heavy atom. The monoisotopic (exact) mass is 498 g/mol. The molecule has 5 nitrogen and oxygen atoms in total. The third kappa shape index (κ3) is 6.45. The van der Waals surface area contributed by atoms with Gasteiger partial charge in [0.05, 0.1) is 16.7 Å². The molecule has 0 aromatic heterocycles. The first-order valence-corrected chi connectivity index (χ1v) is 12.8. The summed E-state index contributed by atoms with van der Waals surface area (Å²) in [6.07, 6.45) is 8.66. The van der Waals surface area contributed by atoms with Crippen molar-refractivity contribution < 1.29 is 18.7 Å². The lowest BCUT2D eigenvalue weighted by atomic mass is 9.98. The molecule has 2 aliphatic rings. The maximum absolute atomic E-state index is 13.7. The second-order valence-corrected chi connectivity index (χ2v) is 10.1. The number of amides is 2. The molecule has 0 atom stereocenters. The number of nitrogens with one attached hydrogen (secondary N) is 1. The van der Waals surface area contributed by atoms with Crippen molar-refractivity contribution in [1.29, 1.82) is 0 Å². The molecule has 2 amide bonds. The molecule has 2 aromatic carbocycles. The van der Waals surface area contributed by atoms with Crippen molar-refractivity contribution in [1.82, 2.24) is 4.90 Å². The highest BCUT2D eigenvalue weighted by molar-refractivity contribution is 8.26. The SMILES string of the molecule is O=C(CCCN1C(=O)/C(=C/c2ccc(OC3CCCCC3)cc2)SC1=S)Nc1ccccc1F. The Bertz CT molecular complexity index is 1080. The van der Waals surface area contributed by atoms with Crippen LogP contribution in [0.5, 0.6) is 5.75 Å². The number of thioether (sulfide) groups is 1. The molecule has 1 N–H and O–H groups in total. The number of hydrogen-bond donors (Lipinski definition) is 1. The average molecular weight is 499 g/mol. The van der Waals surface area contributed by atoms with Crippen LogP contribution in [-0.4, -0.2) is 33.7 Å². The van der Waals surface area contributed by atoms with Crippen LogP contribution in [0.3, 0.4) is 0 Å². The summed E-state index contributed by atoms with van der Waals surface area (Å²) in [4.78, 5) is 27.0. The summed E-state index contributed by atoms with van der Waals surface area (Å²) in [6, 6.07) is 13.8. The van der Waals surface area contributed by atoms with Crippen molar-refractivity contribution in [3.05, 3.63) is 64.8 Å². The van der Waals surface area contributed by atoms with Crippen LogP contribution in [0.15, 0.2) is 53.4 Å². The minimum absolute atomic E-state index is 0.149. The number of hydrogen-bond acceptors (Lipinski definition) is 5. The molecular weight excluding hydrogens is 471 g/mol. The first-order chi connectivity index (χ1) is 16.5. The number of halogens is 1. The minimum Gasteiger partial charge on any atom is -0.490 e. The third-order valence-corrected chi connectivity index (χ3v) is 7.22. The average Bonchev–Trinajstić information content (AvgIpc) is 3.10. The molecule has 4 rings (SSSR count). The summed E-state index contributed by atoms with van der Waals surface area (Å²) in [5.41, 5.74) is 1.05. The molecule has 1 saturated carbocycles. The molecule has 1 saturated heterocycles. The summed E-state index contributed by atoms with van der Waals surface area (Å²) in [6.45, 7) is 0.334. The van der Waals surface area contributed by atoms with E-state index < -0.39 is 5.82 Å². The van der Waals surface area contributed by atoms with Crippen LogP contribution in [-0.2, 0) is 9.59 Å². The molecule has 1 heterocycles. The number of anilines is 1. The van der Waals surface area contributed by atoms with E-state index in [1.54, 1.807) is 12.1 Å². The van der Waals surface area contributed by atoms with Crippen LogP contribution < -0.4 is 10.1 Å². The summed E-state index contributed by atoms with van der Waals surface area (Å²) in [7, 11) is 0.